The number of para-hydroxylation sites is 1. The summed E-state index contributed by atoms with van der Waals surface area (Å²) in [5, 5.41) is 16.2. The number of hydrogen-bond donors (Lipinski definition) is 4. The maximum atomic E-state index is 14.0. The Labute approximate surface area is 219 Å². The molecule has 10 nitrogen and oxygen atoms in total. The Balaban J connectivity index is 2.50. The number of nitrogens with one attached hydrogen (secondary N) is 2. The van der Waals surface area contributed by atoms with Gasteiger partial charge < -0.3 is 31.1 Å². The number of benzene rings is 1. The molecule has 3 atom stereocenters. The second-order valence-corrected chi connectivity index (χ2v) is 10.7. The van der Waals surface area contributed by atoms with Gasteiger partial charge in [0, 0.05) is 17.6 Å². The Morgan fingerprint density at radius 2 is 1.76 bits per heavy atom. The molecule has 5 N–H and O–H groups in total. The van der Waals surface area contributed by atoms with Crippen LogP contribution in [0, 0.1) is 0 Å². The Morgan fingerprint density at radius 1 is 1.14 bits per heavy atom. The van der Waals surface area contributed by atoms with Crippen LogP contribution < -0.4 is 16.4 Å². The van der Waals surface area contributed by atoms with Crippen LogP contribution in [0.25, 0.3) is 0 Å². The van der Waals surface area contributed by atoms with Crippen molar-refractivity contribution in [2.45, 2.75) is 109 Å². The molecule has 37 heavy (non-hydrogen) atoms. The molecule has 0 radical (unpaired) electrons. The number of carbonyl (C=O) groups is 4. The number of nitrogens with zero attached hydrogens (tertiary/aromatic N) is 1. The zero-order valence-corrected chi connectivity index (χ0v) is 22.6. The van der Waals surface area contributed by atoms with E-state index in [1.807, 2.05) is 6.92 Å². The van der Waals surface area contributed by atoms with Crippen molar-refractivity contribution in [2.24, 2.45) is 5.73 Å². The quantitative estimate of drug-likeness (QED) is 0.373. The van der Waals surface area contributed by atoms with Gasteiger partial charge in [0.05, 0.1) is 6.42 Å². The minimum absolute atomic E-state index is 0.0372. The van der Waals surface area contributed by atoms with Crippen LogP contribution in [0.2, 0.25) is 0 Å². The highest BCUT2D eigenvalue weighted by atomic mass is 16.6. The van der Waals surface area contributed by atoms with Gasteiger partial charge in [-0.05, 0) is 53.0 Å². The number of amides is 4. The third kappa shape index (κ3) is 8.94. The zero-order valence-electron chi connectivity index (χ0n) is 22.6. The molecule has 0 aromatic heterocycles. The second kappa shape index (κ2) is 13.3. The fraction of sp³-hybridized carbons (Fsp3) is 0.630. The van der Waals surface area contributed by atoms with Crippen molar-refractivity contribution in [1.82, 2.24) is 15.5 Å². The molecular formula is C27H42N4O6. The van der Waals surface area contributed by atoms with Crippen LogP contribution in [0.1, 0.15) is 91.2 Å². The summed E-state index contributed by atoms with van der Waals surface area (Å²) in [5.41, 5.74) is 4.83. The first-order valence-corrected chi connectivity index (χ1v) is 13.0. The monoisotopic (exact) mass is 518 g/mol. The molecular weight excluding hydrogens is 476 g/mol. The van der Waals surface area contributed by atoms with Gasteiger partial charge in [0.25, 0.3) is 0 Å². The summed E-state index contributed by atoms with van der Waals surface area (Å²) in [6, 6.07) is 3.27. The van der Waals surface area contributed by atoms with Crippen LogP contribution in [-0.2, 0) is 19.1 Å². The maximum Gasteiger partial charge on any atom is 0.408 e. The largest absolute Gasteiger partial charge is 0.508 e. The highest BCUT2D eigenvalue weighted by Crippen LogP contribution is 2.32. The second-order valence-electron chi connectivity index (χ2n) is 10.7. The summed E-state index contributed by atoms with van der Waals surface area (Å²) >= 11 is 0. The Bertz CT molecular complexity index is 954. The number of ether oxygens (including phenoxy) is 1. The third-order valence-electron chi connectivity index (χ3n) is 6.42. The van der Waals surface area contributed by atoms with E-state index in [4.69, 9.17) is 10.5 Å². The van der Waals surface area contributed by atoms with Crippen molar-refractivity contribution in [3.05, 3.63) is 29.8 Å². The number of rotatable bonds is 10. The number of carbonyl (C=O) groups excluding carboxylic acids is 4. The van der Waals surface area contributed by atoms with E-state index < -0.39 is 54.0 Å². The van der Waals surface area contributed by atoms with Crippen LogP contribution in [0.3, 0.4) is 0 Å². The van der Waals surface area contributed by atoms with E-state index in [9.17, 15) is 24.3 Å². The molecule has 206 valence electrons. The molecule has 0 aliphatic heterocycles. The smallest absolute Gasteiger partial charge is 0.408 e. The Morgan fingerprint density at radius 3 is 2.30 bits per heavy atom. The van der Waals surface area contributed by atoms with Gasteiger partial charge in [-0.15, -0.1) is 0 Å². The standard InChI is InChI=1S/C27H42N4O6/c1-6-17(2)31(25(35)20(16-22(28)33)30-26(36)37-27(3,4)5)23(19-14-10-11-15-21(19)32)24(34)29-18-12-8-7-9-13-18/h10-11,14-15,17-18,20,23,32H,6-9,12-13,16H2,1-5H3,(H2,28,33)(H,29,34)(H,30,36). The topological polar surface area (TPSA) is 151 Å². The lowest BCUT2D eigenvalue weighted by molar-refractivity contribution is -0.146. The van der Waals surface area contributed by atoms with Gasteiger partial charge in [-0.1, -0.05) is 44.4 Å². The molecule has 1 aliphatic rings. The molecule has 0 bridgehead atoms. The van der Waals surface area contributed by atoms with E-state index in [0.29, 0.717) is 6.42 Å². The summed E-state index contributed by atoms with van der Waals surface area (Å²) in [4.78, 5) is 53.5. The van der Waals surface area contributed by atoms with Crippen LogP contribution >= 0.6 is 0 Å². The lowest BCUT2D eigenvalue weighted by Gasteiger charge is -2.39. The van der Waals surface area contributed by atoms with Gasteiger partial charge in [0.1, 0.15) is 23.4 Å². The van der Waals surface area contributed by atoms with Gasteiger partial charge in [-0.3, -0.25) is 14.4 Å². The number of phenolic OH excluding ortho intramolecular Hbond substituents is 1. The van der Waals surface area contributed by atoms with E-state index in [1.54, 1.807) is 45.9 Å². The summed E-state index contributed by atoms with van der Waals surface area (Å²) in [7, 11) is 0. The average molecular weight is 519 g/mol. The van der Waals surface area contributed by atoms with E-state index >= 15 is 0 Å². The summed E-state index contributed by atoms with van der Waals surface area (Å²) in [6.07, 6.45) is 3.88. The molecule has 1 saturated carbocycles. The maximum absolute atomic E-state index is 14.0. The van der Waals surface area contributed by atoms with Crippen molar-refractivity contribution in [3.63, 3.8) is 0 Å². The highest BCUT2D eigenvalue weighted by molar-refractivity contribution is 5.95. The molecule has 1 aromatic rings. The zero-order chi connectivity index (χ0) is 27.8. The Kier molecular flexibility index (Phi) is 10.8. The van der Waals surface area contributed by atoms with Gasteiger partial charge in [-0.2, -0.15) is 0 Å². The molecule has 10 heteroatoms. The first kappa shape index (κ1) is 29.9. The number of nitrogens with two attached hydrogens (primary N) is 1. The molecule has 1 aliphatic carbocycles. The predicted molar refractivity (Wildman–Crippen MR) is 139 cm³/mol. The molecule has 1 aromatic carbocycles. The summed E-state index contributed by atoms with van der Waals surface area (Å²) in [6.45, 7) is 8.65. The van der Waals surface area contributed by atoms with E-state index in [2.05, 4.69) is 10.6 Å². The first-order valence-electron chi connectivity index (χ1n) is 13.0. The van der Waals surface area contributed by atoms with Crippen molar-refractivity contribution >= 4 is 23.8 Å². The number of primary amides is 1. The third-order valence-corrected chi connectivity index (χ3v) is 6.42. The predicted octanol–water partition coefficient (Wildman–Crippen LogP) is 3.28. The fourth-order valence-corrected chi connectivity index (χ4v) is 4.49. The molecule has 0 spiro atoms. The molecule has 4 amide bonds. The van der Waals surface area contributed by atoms with Crippen molar-refractivity contribution in [2.75, 3.05) is 0 Å². The van der Waals surface area contributed by atoms with Gasteiger partial charge >= 0.3 is 6.09 Å². The van der Waals surface area contributed by atoms with Gasteiger partial charge in [0.2, 0.25) is 17.7 Å². The Hall–Kier alpha value is -3.30. The van der Waals surface area contributed by atoms with E-state index in [1.165, 1.54) is 11.0 Å². The molecule has 0 saturated heterocycles. The summed E-state index contributed by atoms with van der Waals surface area (Å²) in [5.74, 6) is -2.05. The highest BCUT2D eigenvalue weighted by Gasteiger charge is 2.40. The SMILES string of the molecule is CCC(C)N(C(=O)C(CC(N)=O)NC(=O)OC(C)(C)C)C(C(=O)NC1CCCCC1)c1ccccc1O. The van der Waals surface area contributed by atoms with Crippen LogP contribution in [0.15, 0.2) is 24.3 Å². The summed E-state index contributed by atoms with van der Waals surface area (Å²) < 4.78 is 5.29. The minimum Gasteiger partial charge on any atom is -0.508 e. The average Bonchev–Trinajstić information content (AvgIpc) is 2.81. The molecule has 3 unspecified atom stereocenters. The minimum atomic E-state index is -1.36. The van der Waals surface area contributed by atoms with Crippen LogP contribution in [-0.4, -0.2) is 57.5 Å². The van der Waals surface area contributed by atoms with Crippen LogP contribution in [0.5, 0.6) is 5.75 Å². The lowest BCUT2D eigenvalue weighted by Crippen LogP contribution is -2.57. The number of alkyl carbamates (subject to hydrolysis) is 1. The number of aromatic hydroxyl groups is 1. The normalized spacial score (nSPS) is 16.7. The van der Waals surface area contributed by atoms with Crippen molar-refractivity contribution in [3.8, 4) is 5.75 Å². The van der Waals surface area contributed by atoms with E-state index in [-0.39, 0.29) is 17.4 Å². The molecule has 2 rings (SSSR count). The van der Waals surface area contributed by atoms with Gasteiger partial charge in [-0.25, -0.2) is 4.79 Å². The van der Waals surface area contributed by atoms with Crippen molar-refractivity contribution in [1.29, 1.82) is 0 Å². The van der Waals surface area contributed by atoms with Gasteiger partial charge in [0.15, 0.2) is 0 Å². The lowest BCUT2D eigenvalue weighted by atomic mass is 9.94. The number of hydrogen-bond acceptors (Lipinski definition) is 6. The van der Waals surface area contributed by atoms with E-state index in [0.717, 1.165) is 32.1 Å². The van der Waals surface area contributed by atoms with Crippen LogP contribution in [0.4, 0.5) is 4.79 Å². The number of phenols is 1. The molecule has 0 heterocycles. The first-order chi connectivity index (χ1) is 17.3. The molecule has 1 fully saturated rings. The van der Waals surface area contributed by atoms with Crippen molar-refractivity contribution < 1.29 is 29.0 Å². The fourth-order valence-electron chi connectivity index (χ4n) is 4.49.